The largest absolute Gasteiger partial charge is 0.262 e. The Kier molecular flexibility index (Phi) is 4.75. The Morgan fingerprint density at radius 1 is 0.680 bits per heavy atom. The minimum atomic E-state index is 1.15. The van der Waals surface area contributed by atoms with E-state index in [1.54, 1.807) is 35.9 Å². The molecule has 0 saturated heterocycles. The lowest BCUT2D eigenvalue weighted by atomic mass is 9.86. The number of halogens is 1. The van der Waals surface area contributed by atoms with Crippen molar-refractivity contribution in [3.8, 4) is 0 Å². The second-order valence-electron chi connectivity index (χ2n) is 6.33. The summed E-state index contributed by atoms with van der Waals surface area (Å²) in [6.07, 6.45) is 11.7. The van der Waals surface area contributed by atoms with Gasteiger partial charge in [0.2, 0.25) is 0 Å². The van der Waals surface area contributed by atoms with Crippen molar-refractivity contribution in [2.75, 3.05) is 0 Å². The fourth-order valence-corrected chi connectivity index (χ4v) is 4.00. The Balaban J connectivity index is 0.000000223. The molecule has 1 aliphatic rings. The first-order chi connectivity index (χ1) is 12.3. The van der Waals surface area contributed by atoms with Gasteiger partial charge in [0.15, 0.2) is 0 Å². The van der Waals surface area contributed by atoms with E-state index in [4.69, 9.17) is 0 Å². The van der Waals surface area contributed by atoms with Crippen LogP contribution in [-0.4, -0.2) is 9.97 Å². The highest BCUT2D eigenvalue weighted by molar-refractivity contribution is 9.10. The summed E-state index contributed by atoms with van der Waals surface area (Å²) in [5.74, 6) is 0. The zero-order chi connectivity index (χ0) is 17.1. The van der Waals surface area contributed by atoms with Crippen LogP contribution in [-0.2, 0) is 12.8 Å². The highest BCUT2D eigenvalue weighted by Crippen LogP contribution is 2.34. The molecule has 0 unspecified atom stereocenters. The lowest BCUT2D eigenvalue weighted by Gasteiger charge is -2.18. The minimum Gasteiger partial charge on any atom is -0.262 e. The number of aromatic nitrogens is 2. The van der Waals surface area contributed by atoms with Crippen LogP contribution >= 0.6 is 15.9 Å². The minimum absolute atomic E-state index is 1.15. The van der Waals surface area contributed by atoms with Crippen molar-refractivity contribution in [1.29, 1.82) is 0 Å². The van der Waals surface area contributed by atoms with Gasteiger partial charge in [-0.1, -0.05) is 46.3 Å². The van der Waals surface area contributed by atoms with Gasteiger partial charge in [0.25, 0.3) is 0 Å². The molecule has 3 aromatic carbocycles. The molecule has 0 bridgehead atoms. The van der Waals surface area contributed by atoms with Crippen molar-refractivity contribution < 1.29 is 0 Å². The molecule has 0 fully saturated rings. The van der Waals surface area contributed by atoms with E-state index in [1.807, 2.05) is 0 Å². The van der Waals surface area contributed by atoms with Crippen LogP contribution in [0.15, 0.2) is 71.7 Å². The fourth-order valence-electron chi connectivity index (χ4n) is 3.62. The molecule has 0 saturated carbocycles. The Hall–Kier alpha value is -2.26. The average Bonchev–Trinajstić information content (AvgIpc) is 2.69. The number of hydrogen-bond donors (Lipinski definition) is 0. The van der Waals surface area contributed by atoms with Gasteiger partial charge in [0.1, 0.15) is 0 Å². The van der Waals surface area contributed by atoms with Gasteiger partial charge in [-0.05, 0) is 70.5 Å². The lowest BCUT2D eigenvalue weighted by molar-refractivity contribution is 0.690. The summed E-state index contributed by atoms with van der Waals surface area (Å²) in [4.78, 5) is 7.44. The van der Waals surface area contributed by atoms with Gasteiger partial charge in [0, 0.05) is 29.3 Å². The van der Waals surface area contributed by atoms with Crippen molar-refractivity contribution >= 4 is 37.5 Å². The third kappa shape index (κ3) is 3.42. The molecule has 0 spiro atoms. The third-order valence-corrected chi connectivity index (χ3v) is 5.28. The van der Waals surface area contributed by atoms with E-state index < -0.39 is 0 Å². The molecular weight excluding hydrogens is 372 g/mol. The monoisotopic (exact) mass is 390 g/mol. The highest BCUT2D eigenvalue weighted by Gasteiger charge is 2.13. The molecule has 1 heterocycles. The van der Waals surface area contributed by atoms with Crippen LogP contribution in [0.1, 0.15) is 24.0 Å². The molecule has 5 rings (SSSR count). The normalized spacial score (nSPS) is 13.2. The van der Waals surface area contributed by atoms with Crippen molar-refractivity contribution in [2.45, 2.75) is 25.7 Å². The molecule has 1 aliphatic carbocycles. The standard InChI is InChI=1S/C18H15Br.C4H4N2/c19-14-7-10-16-13(11-14)6-9-17-15-4-2-1-3-12(15)5-8-18(16)17;1-2-6-4-3-5-1/h5-11H,1-4H2;1-4H. The van der Waals surface area contributed by atoms with Gasteiger partial charge in [-0.15, -0.1) is 0 Å². The maximum absolute atomic E-state index is 3.72. The van der Waals surface area contributed by atoms with Crippen LogP contribution in [0, 0.1) is 0 Å². The number of aryl methyl sites for hydroxylation is 2. The van der Waals surface area contributed by atoms with E-state index >= 15 is 0 Å². The highest BCUT2D eigenvalue weighted by atomic mass is 79.9. The van der Waals surface area contributed by atoms with Gasteiger partial charge in [-0.2, -0.15) is 0 Å². The summed E-state index contributed by atoms with van der Waals surface area (Å²) in [6.45, 7) is 0. The molecule has 0 aliphatic heterocycles. The summed E-state index contributed by atoms with van der Waals surface area (Å²) < 4.78 is 1.15. The number of hydrogen-bond acceptors (Lipinski definition) is 2. The fraction of sp³-hybridized carbons (Fsp3) is 0.182. The van der Waals surface area contributed by atoms with Gasteiger partial charge in [-0.25, -0.2) is 0 Å². The first kappa shape index (κ1) is 16.2. The summed E-state index contributed by atoms with van der Waals surface area (Å²) in [7, 11) is 0. The number of rotatable bonds is 0. The number of fused-ring (bicyclic) bond motifs is 5. The van der Waals surface area contributed by atoms with Crippen molar-refractivity contribution in [1.82, 2.24) is 9.97 Å². The van der Waals surface area contributed by atoms with Crippen LogP contribution < -0.4 is 0 Å². The van der Waals surface area contributed by atoms with Crippen LogP contribution in [0.5, 0.6) is 0 Å². The van der Waals surface area contributed by atoms with Crippen LogP contribution in [0.3, 0.4) is 0 Å². The predicted molar refractivity (Wildman–Crippen MR) is 108 cm³/mol. The van der Waals surface area contributed by atoms with Gasteiger partial charge in [-0.3, -0.25) is 9.97 Å². The molecule has 0 N–H and O–H groups in total. The molecule has 4 aromatic rings. The first-order valence-electron chi connectivity index (χ1n) is 8.65. The SMILES string of the molecule is Brc1ccc2c(ccc3c4c(ccc32)CCCC4)c1.c1cnccn1. The summed E-state index contributed by atoms with van der Waals surface area (Å²) in [5.41, 5.74) is 3.16. The summed E-state index contributed by atoms with van der Waals surface area (Å²) in [6, 6.07) is 15.8. The topological polar surface area (TPSA) is 25.8 Å². The van der Waals surface area contributed by atoms with E-state index in [0.29, 0.717) is 0 Å². The van der Waals surface area contributed by atoms with E-state index in [2.05, 4.69) is 68.4 Å². The summed E-state index contributed by atoms with van der Waals surface area (Å²) in [5, 5.41) is 5.56. The van der Waals surface area contributed by atoms with Gasteiger partial charge in [0.05, 0.1) is 0 Å². The zero-order valence-electron chi connectivity index (χ0n) is 14.0. The predicted octanol–water partition coefficient (Wildman–Crippen LogP) is 6.11. The molecule has 25 heavy (non-hydrogen) atoms. The molecule has 1 aromatic heterocycles. The number of benzene rings is 3. The smallest absolute Gasteiger partial charge is 0.0451 e. The number of nitrogens with zero attached hydrogens (tertiary/aromatic N) is 2. The Labute approximate surface area is 156 Å². The molecule has 0 atom stereocenters. The van der Waals surface area contributed by atoms with Crippen molar-refractivity contribution in [2.24, 2.45) is 0 Å². The van der Waals surface area contributed by atoms with Crippen LogP contribution in [0.4, 0.5) is 0 Å². The quantitative estimate of drug-likeness (QED) is 0.338. The second-order valence-corrected chi connectivity index (χ2v) is 7.25. The molecule has 124 valence electrons. The zero-order valence-corrected chi connectivity index (χ0v) is 15.5. The Morgan fingerprint density at radius 3 is 2.12 bits per heavy atom. The molecule has 0 radical (unpaired) electrons. The van der Waals surface area contributed by atoms with Gasteiger partial charge < -0.3 is 0 Å². The Morgan fingerprint density at radius 2 is 1.36 bits per heavy atom. The van der Waals surface area contributed by atoms with Crippen LogP contribution in [0.25, 0.3) is 21.5 Å². The second kappa shape index (κ2) is 7.32. The maximum Gasteiger partial charge on any atom is 0.0451 e. The molecule has 0 amide bonds. The van der Waals surface area contributed by atoms with E-state index in [0.717, 1.165) is 4.47 Å². The first-order valence-corrected chi connectivity index (χ1v) is 9.45. The average molecular weight is 391 g/mol. The van der Waals surface area contributed by atoms with E-state index in [1.165, 1.54) is 47.2 Å². The Bertz CT molecular complexity index is 986. The maximum atomic E-state index is 3.72. The molecular formula is C22H19BrN2. The molecule has 3 heteroatoms. The molecule has 2 nitrogen and oxygen atoms in total. The van der Waals surface area contributed by atoms with E-state index in [9.17, 15) is 0 Å². The van der Waals surface area contributed by atoms with Crippen molar-refractivity contribution in [3.05, 3.63) is 82.9 Å². The lowest BCUT2D eigenvalue weighted by Crippen LogP contribution is -2.03. The third-order valence-electron chi connectivity index (χ3n) is 4.79. The van der Waals surface area contributed by atoms with E-state index in [-0.39, 0.29) is 0 Å². The summed E-state index contributed by atoms with van der Waals surface area (Å²) >= 11 is 3.56. The van der Waals surface area contributed by atoms with Crippen LogP contribution in [0.2, 0.25) is 0 Å². The van der Waals surface area contributed by atoms with Crippen molar-refractivity contribution in [3.63, 3.8) is 0 Å². The van der Waals surface area contributed by atoms with Gasteiger partial charge >= 0.3 is 0 Å².